The Balaban J connectivity index is 2.73. The lowest BCUT2D eigenvalue weighted by atomic mass is 10.0. The van der Waals surface area contributed by atoms with Gasteiger partial charge in [-0.1, -0.05) is 0 Å². The van der Waals surface area contributed by atoms with Gasteiger partial charge in [-0.05, 0) is 31.4 Å². The third kappa shape index (κ3) is 4.34. The van der Waals surface area contributed by atoms with Crippen molar-refractivity contribution in [1.29, 1.82) is 0 Å². The van der Waals surface area contributed by atoms with Gasteiger partial charge in [-0.3, -0.25) is 0 Å². The Hall–Kier alpha value is -1.01. The van der Waals surface area contributed by atoms with Gasteiger partial charge in [0.1, 0.15) is 21.5 Å². The molecule has 0 fully saturated rings. The first-order chi connectivity index (χ1) is 8.20. The first kappa shape index (κ1) is 15.0. The summed E-state index contributed by atoms with van der Waals surface area (Å²) >= 11 is 0. The summed E-state index contributed by atoms with van der Waals surface area (Å²) in [6.45, 7) is 1.47. The molecular weight excluding hydrogens is 262 g/mol. The van der Waals surface area contributed by atoms with E-state index in [0.717, 1.165) is 12.3 Å². The Labute approximate surface area is 105 Å². The summed E-state index contributed by atoms with van der Waals surface area (Å²) in [5.74, 6) is -1.55. The number of hydrogen-bond donors (Lipinski definition) is 1. The molecule has 0 saturated carbocycles. The molecule has 0 aliphatic rings. The summed E-state index contributed by atoms with van der Waals surface area (Å²) in [6.07, 6.45) is 0.332. The molecule has 0 saturated heterocycles. The van der Waals surface area contributed by atoms with Crippen LogP contribution in [0.5, 0.6) is 0 Å². The Kier molecular flexibility index (Phi) is 4.81. The van der Waals surface area contributed by atoms with Gasteiger partial charge in [-0.15, -0.1) is 0 Å². The van der Waals surface area contributed by atoms with E-state index in [1.54, 1.807) is 0 Å². The maximum Gasteiger partial charge on any atom is 0.147 e. The molecular formula is C12H16F2O3S. The largest absolute Gasteiger partial charge is 0.388 e. The molecule has 1 unspecified atom stereocenters. The first-order valence-corrected chi connectivity index (χ1v) is 7.58. The van der Waals surface area contributed by atoms with Crippen LogP contribution in [0.2, 0.25) is 0 Å². The summed E-state index contributed by atoms with van der Waals surface area (Å²) < 4.78 is 48.3. The Bertz CT molecular complexity index is 526. The summed E-state index contributed by atoms with van der Waals surface area (Å²) in [7, 11) is -3.09. The highest BCUT2D eigenvalue weighted by Crippen LogP contribution is 2.24. The molecule has 6 heteroatoms. The lowest BCUT2D eigenvalue weighted by Crippen LogP contribution is -2.07. The predicted molar refractivity (Wildman–Crippen MR) is 65.0 cm³/mol. The van der Waals surface area contributed by atoms with E-state index in [4.69, 9.17) is 0 Å². The van der Waals surface area contributed by atoms with Crippen LogP contribution in [0.15, 0.2) is 12.1 Å². The highest BCUT2D eigenvalue weighted by atomic mass is 32.2. The van der Waals surface area contributed by atoms with Gasteiger partial charge in [-0.2, -0.15) is 0 Å². The van der Waals surface area contributed by atoms with Crippen LogP contribution in [-0.4, -0.2) is 25.5 Å². The van der Waals surface area contributed by atoms with Crippen molar-refractivity contribution >= 4 is 9.84 Å². The molecule has 102 valence electrons. The Morgan fingerprint density at radius 3 is 2.44 bits per heavy atom. The molecule has 1 aromatic rings. The predicted octanol–water partition coefficient (Wildman–Crippen LogP) is 2.13. The highest BCUT2D eigenvalue weighted by molar-refractivity contribution is 7.90. The van der Waals surface area contributed by atoms with Crippen molar-refractivity contribution in [2.24, 2.45) is 0 Å². The zero-order valence-corrected chi connectivity index (χ0v) is 11.1. The molecule has 0 radical (unpaired) electrons. The van der Waals surface area contributed by atoms with E-state index in [0.29, 0.717) is 0 Å². The second kappa shape index (κ2) is 5.75. The summed E-state index contributed by atoms with van der Waals surface area (Å²) in [6, 6.07) is 1.97. The monoisotopic (exact) mass is 278 g/mol. The molecule has 1 atom stereocenters. The van der Waals surface area contributed by atoms with Crippen molar-refractivity contribution in [2.45, 2.75) is 25.9 Å². The Morgan fingerprint density at radius 2 is 1.89 bits per heavy atom. The standard InChI is InChI=1S/C12H16F2O3S/c1-8-6-9(11(14)7-10(8)13)12(15)4-3-5-18(2,16)17/h6-7,12,15H,3-5H2,1-2H3. The SMILES string of the molecule is Cc1cc(C(O)CCCS(C)(=O)=O)c(F)cc1F. The van der Waals surface area contributed by atoms with Gasteiger partial charge >= 0.3 is 0 Å². The van der Waals surface area contributed by atoms with Gasteiger partial charge in [0.25, 0.3) is 0 Å². The van der Waals surface area contributed by atoms with E-state index in [2.05, 4.69) is 0 Å². The number of halogens is 2. The molecule has 1 rings (SSSR count). The van der Waals surface area contributed by atoms with Crippen molar-refractivity contribution in [1.82, 2.24) is 0 Å². The second-order valence-electron chi connectivity index (χ2n) is 4.41. The van der Waals surface area contributed by atoms with Crippen molar-refractivity contribution in [3.8, 4) is 0 Å². The molecule has 1 aromatic carbocycles. The fraction of sp³-hybridized carbons (Fsp3) is 0.500. The van der Waals surface area contributed by atoms with Gasteiger partial charge < -0.3 is 5.11 Å². The van der Waals surface area contributed by atoms with Crippen LogP contribution in [0.3, 0.4) is 0 Å². The van der Waals surface area contributed by atoms with Crippen LogP contribution < -0.4 is 0 Å². The minimum Gasteiger partial charge on any atom is -0.388 e. The fourth-order valence-electron chi connectivity index (χ4n) is 1.63. The van der Waals surface area contributed by atoms with E-state index < -0.39 is 27.6 Å². The minimum absolute atomic E-state index is 0.00222. The van der Waals surface area contributed by atoms with Crippen molar-refractivity contribution in [2.75, 3.05) is 12.0 Å². The molecule has 0 aliphatic carbocycles. The molecule has 1 N–H and O–H groups in total. The topological polar surface area (TPSA) is 54.4 Å². The number of aryl methyl sites for hydroxylation is 1. The van der Waals surface area contributed by atoms with Crippen molar-refractivity contribution < 1.29 is 22.3 Å². The number of hydrogen-bond acceptors (Lipinski definition) is 3. The number of aliphatic hydroxyl groups excluding tert-OH is 1. The third-order valence-electron chi connectivity index (χ3n) is 2.63. The van der Waals surface area contributed by atoms with Crippen LogP contribution in [0.25, 0.3) is 0 Å². The zero-order valence-electron chi connectivity index (χ0n) is 10.3. The summed E-state index contributed by atoms with van der Waals surface area (Å²) in [4.78, 5) is 0. The smallest absolute Gasteiger partial charge is 0.147 e. The van der Waals surface area contributed by atoms with Crippen LogP contribution in [0, 0.1) is 18.6 Å². The minimum atomic E-state index is -3.09. The molecule has 0 heterocycles. The van der Waals surface area contributed by atoms with E-state index in [9.17, 15) is 22.3 Å². The van der Waals surface area contributed by atoms with Crippen LogP contribution >= 0.6 is 0 Å². The molecule has 0 bridgehead atoms. The molecule has 0 amide bonds. The molecule has 0 aromatic heterocycles. The normalized spacial score (nSPS) is 13.6. The summed E-state index contributed by atoms with van der Waals surface area (Å²) in [5, 5.41) is 9.76. The van der Waals surface area contributed by atoms with Crippen molar-refractivity contribution in [3.63, 3.8) is 0 Å². The highest BCUT2D eigenvalue weighted by Gasteiger charge is 2.16. The van der Waals surface area contributed by atoms with Gasteiger partial charge in [0.15, 0.2) is 0 Å². The average molecular weight is 278 g/mol. The van der Waals surface area contributed by atoms with Gasteiger partial charge in [-0.25, -0.2) is 17.2 Å². The number of benzene rings is 1. The molecule has 18 heavy (non-hydrogen) atoms. The first-order valence-electron chi connectivity index (χ1n) is 5.52. The zero-order chi connectivity index (χ0) is 13.9. The van der Waals surface area contributed by atoms with Crippen LogP contribution in [0.4, 0.5) is 8.78 Å². The van der Waals surface area contributed by atoms with Gasteiger partial charge in [0.2, 0.25) is 0 Å². The maximum absolute atomic E-state index is 13.4. The number of sulfone groups is 1. The fourth-order valence-corrected chi connectivity index (χ4v) is 2.32. The third-order valence-corrected chi connectivity index (χ3v) is 3.66. The Morgan fingerprint density at radius 1 is 1.28 bits per heavy atom. The number of aliphatic hydroxyl groups is 1. The van der Waals surface area contributed by atoms with E-state index >= 15 is 0 Å². The van der Waals surface area contributed by atoms with E-state index in [1.165, 1.54) is 13.0 Å². The van der Waals surface area contributed by atoms with Crippen LogP contribution in [0.1, 0.15) is 30.1 Å². The average Bonchev–Trinajstić information content (AvgIpc) is 2.21. The lowest BCUT2D eigenvalue weighted by Gasteiger charge is -2.12. The molecule has 0 aliphatic heterocycles. The summed E-state index contributed by atoms with van der Waals surface area (Å²) in [5.41, 5.74) is 0.246. The van der Waals surface area contributed by atoms with Crippen LogP contribution in [-0.2, 0) is 9.84 Å². The maximum atomic E-state index is 13.4. The van der Waals surface area contributed by atoms with E-state index in [1.807, 2.05) is 0 Å². The molecule has 3 nitrogen and oxygen atoms in total. The van der Waals surface area contributed by atoms with Crippen molar-refractivity contribution in [3.05, 3.63) is 34.9 Å². The van der Waals surface area contributed by atoms with Gasteiger partial charge in [0, 0.05) is 23.6 Å². The number of rotatable bonds is 5. The van der Waals surface area contributed by atoms with Gasteiger partial charge in [0.05, 0.1) is 6.10 Å². The van der Waals surface area contributed by atoms with E-state index in [-0.39, 0.29) is 29.7 Å². The quantitative estimate of drug-likeness (QED) is 0.897. The lowest BCUT2D eigenvalue weighted by molar-refractivity contribution is 0.162. The molecule has 0 spiro atoms. The second-order valence-corrected chi connectivity index (χ2v) is 6.67.